The molecule has 6 rings (SSSR count). The van der Waals surface area contributed by atoms with Crippen LogP contribution in [0.5, 0.6) is 0 Å². The number of phosphoric acid groups is 2. The molecule has 10 atom stereocenters. The van der Waals surface area contributed by atoms with Crippen LogP contribution in [-0.4, -0.2) is 134 Å². The molecule has 29 heteroatoms. The monoisotopic (exact) mass is 842 g/mol. The van der Waals surface area contributed by atoms with Crippen LogP contribution >= 0.6 is 27.4 Å². The highest BCUT2D eigenvalue weighted by molar-refractivity contribution is 7.99. The van der Waals surface area contributed by atoms with Crippen molar-refractivity contribution >= 4 is 61.6 Å². The summed E-state index contributed by atoms with van der Waals surface area (Å²) in [4.78, 5) is 57.7. The molecular formula is C26H40N10O16P2S+2. The second-order valence-corrected chi connectivity index (χ2v) is 16.5. The Balaban J connectivity index is 0.898. The maximum absolute atomic E-state index is 12.4. The number of nitrogen functional groups attached to an aromatic ring is 2. The first kappa shape index (κ1) is 41.3. The summed E-state index contributed by atoms with van der Waals surface area (Å²) in [7, 11) is -6.24. The van der Waals surface area contributed by atoms with Crippen molar-refractivity contribution in [3.63, 3.8) is 0 Å². The van der Waals surface area contributed by atoms with Crippen LogP contribution in [0.2, 0.25) is 0 Å². The number of anilines is 2. The number of ether oxygens (including phenoxy) is 2. The summed E-state index contributed by atoms with van der Waals surface area (Å²) in [6.45, 7) is -1.92. The molecule has 0 spiro atoms. The van der Waals surface area contributed by atoms with Crippen LogP contribution in [-0.2, 0) is 50.8 Å². The Kier molecular flexibility index (Phi) is 12.2. The molecule has 304 valence electrons. The van der Waals surface area contributed by atoms with Crippen LogP contribution < -0.4 is 31.7 Å². The van der Waals surface area contributed by atoms with E-state index in [0.717, 1.165) is 11.8 Å². The normalized spacial score (nSPS) is 27.9. The van der Waals surface area contributed by atoms with Gasteiger partial charge in [-0.3, -0.25) is 46.8 Å². The number of aromatic nitrogens is 8. The highest BCUT2D eigenvalue weighted by atomic mass is 32.2. The molecule has 2 aliphatic rings. The van der Waals surface area contributed by atoms with Crippen LogP contribution in [0.25, 0.3) is 22.3 Å². The number of nitrogens with one attached hydrogen (secondary N) is 2. The molecule has 2 fully saturated rings. The quantitative estimate of drug-likeness (QED) is 0.0289. The maximum Gasteiger partial charge on any atom is 0.472 e. The van der Waals surface area contributed by atoms with Gasteiger partial charge in [-0.15, -0.1) is 0 Å². The molecule has 2 aliphatic heterocycles. The fraction of sp³-hybridized carbons (Fsp3) is 0.615. The first-order valence-electron chi connectivity index (χ1n) is 16.2. The lowest BCUT2D eigenvalue weighted by molar-refractivity contribution is -0.746. The molecule has 0 radical (unpaired) electrons. The average molecular weight is 843 g/mol. The lowest BCUT2D eigenvalue weighted by Gasteiger charge is -2.17. The van der Waals surface area contributed by atoms with E-state index < -0.39 is 89.1 Å². The van der Waals surface area contributed by atoms with Gasteiger partial charge in [0.05, 0.1) is 40.5 Å². The van der Waals surface area contributed by atoms with E-state index in [-0.39, 0.29) is 58.9 Å². The molecule has 55 heavy (non-hydrogen) atoms. The standard InChI is InChI=1S/C26H38N10O16P2S/c1-33-9-35(19-13(33)21(41)31-25(27)29-19)23-17(39)15(37)11(51-23)7-49-53(43,44)47-3-5-55-6-4-48-54(45,46)50-8-12-16(38)18(40)24(52-12)36-10-34(2)14-20(36)30-26(28)32-22(14)42/h9-12,15-18,23-24,37-40H,3-8H2,1-2H3,(H6-2,27,28,29,30,31,32,41,42,43,44,45,46)/p+2/t11-,12?,15-,16-,17-,18-,23-,24-/m1/s1. The number of aliphatic hydroxyl groups is 4. The smallest absolute Gasteiger partial charge is 0.387 e. The van der Waals surface area contributed by atoms with E-state index in [1.165, 1.54) is 30.9 Å². The summed E-state index contributed by atoms with van der Waals surface area (Å²) < 4.78 is 61.5. The van der Waals surface area contributed by atoms with Gasteiger partial charge >= 0.3 is 26.9 Å². The molecule has 6 heterocycles. The number of hydrogen-bond donors (Lipinski definition) is 10. The summed E-state index contributed by atoms with van der Waals surface area (Å²) >= 11 is 1.12. The molecule has 3 unspecified atom stereocenters. The molecule has 0 amide bonds. The van der Waals surface area contributed by atoms with Gasteiger partial charge in [0.25, 0.3) is 23.0 Å². The average Bonchev–Trinajstić information content (AvgIpc) is 3.79. The van der Waals surface area contributed by atoms with Crippen LogP contribution in [0.3, 0.4) is 0 Å². The van der Waals surface area contributed by atoms with Crippen LogP contribution in [0, 0.1) is 0 Å². The first-order chi connectivity index (χ1) is 25.9. The second kappa shape index (κ2) is 16.2. The van der Waals surface area contributed by atoms with Gasteiger partial charge in [0, 0.05) is 11.5 Å². The molecule has 2 saturated heterocycles. The van der Waals surface area contributed by atoms with E-state index in [2.05, 4.69) is 19.9 Å². The van der Waals surface area contributed by atoms with E-state index in [4.69, 9.17) is 39.0 Å². The third-order valence-corrected chi connectivity index (χ3v) is 11.4. The second-order valence-electron chi connectivity index (χ2n) is 12.4. The van der Waals surface area contributed by atoms with E-state index in [1.807, 2.05) is 0 Å². The van der Waals surface area contributed by atoms with E-state index in [1.54, 1.807) is 14.1 Å². The lowest BCUT2D eigenvalue weighted by atomic mass is 10.1. The summed E-state index contributed by atoms with van der Waals surface area (Å²) in [6, 6.07) is 0. The third kappa shape index (κ3) is 8.80. The van der Waals surface area contributed by atoms with Crippen LogP contribution in [0.4, 0.5) is 11.9 Å². The summed E-state index contributed by atoms with van der Waals surface area (Å²) in [6.07, 6.45) is -8.48. The number of phosphoric ester groups is 2. The SMILES string of the molecule is Cn1c[n+]([C@@H]2O[C@H](COP(=O)(O)OCCSCCOP(=O)(O)OCC3O[C@@H]([n+]4cn(C)c5c(=O)[nH]c(N)nc54)[C@H](O)[C@@H]3O)[C@@H](O)[C@H]2O)c2nc(N)[nH]c(=O)c21. The number of aromatic amines is 2. The highest BCUT2D eigenvalue weighted by Gasteiger charge is 2.49. The minimum Gasteiger partial charge on any atom is -0.387 e. The number of rotatable bonds is 16. The van der Waals surface area contributed by atoms with E-state index in [0.29, 0.717) is 0 Å². The number of thioether (sulfide) groups is 1. The topological polar surface area (TPSA) is 372 Å². The van der Waals surface area contributed by atoms with Crippen molar-refractivity contribution in [2.75, 3.05) is 49.4 Å². The van der Waals surface area contributed by atoms with Gasteiger partial charge in [0.15, 0.2) is 12.7 Å². The number of imidazole rings is 2. The summed E-state index contributed by atoms with van der Waals surface area (Å²) in [5, 5.41) is 42.4. The number of H-pyrrole nitrogens is 2. The van der Waals surface area contributed by atoms with Gasteiger partial charge in [-0.2, -0.15) is 11.8 Å². The van der Waals surface area contributed by atoms with Crippen LogP contribution in [0.15, 0.2) is 22.2 Å². The molecule has 4 aromatic heterocycles. The third-order valence-electron chi connectivity index (χ3n) is 8.57. The first-order valence-corrected chi connectivity index (χ1v) is 20.4. The minimum absolute atomic E-state index is 0.0610. The zero-order valence-electron chi connectivity index (χ0n) is 28.9. The highest BCUT2D eigenvalue weighted by Crippen LogP contribution is 2.45. The van der Waals surface area contributed by atoms with Gasteiger partial charge < -0.3 is 51.2 Å². The Hall–Kier alpha value is -3.37. The zero-order valence-corrected chi connectivity index (χ0v) is 31.5. The Morgan fingerprint density at radius 1 is 0.745 bits per heavy atom. The van der Waals surface area contributed by atoms with Crippen LogP contribution in [0.1, 0.15) is 12.5 Å². The van der Waals surface area contributed by atoms with Crippen molar-refractivity contribution in [1.29, 1.82) is 0 Å². The summed E-state index contributed by atoms with van der Waals surface area (Å²) in [5.74, 6) is -0.150. The van der Waals surface area contributed by atoms with Crippen molar-refractivity contribution in [1.82, 2.24) is 29.1 Å². The number of aliphatic hydroxyl groups excluding tert-OH is 4. The number of nitrogens with zero attached hydrogens (tertiary/aromatic N) is 6. The fourth-order valence-corrected chi connectivity index (χ4v) is 8.36. The van der Waals surface area contributed by atoms with Crippen molar-refractivity contribution in [3.8, 4) is 0 Å². The largest absolute Gasteiger partial charge is 0.472 e. The summed E-state index contributed by atoms with van der Waals surface area (Å²) in [5.41, 5.74) is 10.6. The predicted octanol–water partition coefficient (Wildman–Crippen LogP) is -4.48. The van der Waals surface area contributed by atoms with Gasteiger partial charge in [-0.25, -0.2) is 18.3 Å². The molecule has 12 N–H and O–H groups in total. The molecule has 0 saturated carbocycles. The van der Waals surface area contributed by atoms with Gasteiger partial charge in [0.1, 0.15) is 36.6 Å². The zero-order chi connectivity index (χ0) is 40.0. The maximum atomic E-state index is 12.4. The van der Waals surface area contributed by atoms with Crippen molar-refractivity contribution in [3.05, 3.63) is 33.4 Å². The van der Waals surface area contributed by atoms with Crippen molar-refractivity contribution in [2.24, 2.45) is 14.1 Å². The molecular weight excluding hydrogens is 802 g/mol. The van der Waals surface area contributed by atoms with Gasteiger partial charge in [-0.1, -0.05) is 9.97 Å². The Morgan fingerprint density at radius 2 is 1.13 bits per heavy atom. The van der Waals surface area contributed by atoms with E-state index in [9.17, 15) is 48.9 Å². The van der Waals surface area contributed by atoms with Crippen molar-refractivity contribution in [2.45, 2.75) is 49.1 Å². The molecule has 0 aliphatic carbocycles. The fourth-order valence-electron chi connectivity index (χ4n) is 6.04. The van der Waals surface area contributed by atoms with E-state index >= 15 is 0 Å². The molecule has 0 aromatic carbocycles. The minimum atomic E-state index is -4.67. The predicted molar refractivity (Wildman–Crippen MR) is 185 cm³/mol. The number of fused-ring (bicyclic) bond motifs is 2. The lowest BCUT2D eigenvalue weighted by Crippen LogP contribution is -2.46. The Bertz CT molecular complexity index is 2100. The number of nitrogens with two attached hydrogens (primary N) is 2. The van der Waals surface area contributed by atoms with Crippen molar-refractivity contribution < 1.29 is 76.0 Å². The Labute approximate surface area is 312 Å². The van der Waals surface area contributed by atoms with Gasteiger partial charge in [0.2, 0.25) is 23.5 Å². The van der Waals surface area contributed by atoms with Gasteiger partial charge in [-0.05, 0) is 0 Å². The molecule has 0 bridgehead atoms. The molecule has 4 aromatic rings. The molecule has 26 nitrogen and oxygen atoms in total. The number of aryl methyl sites for hydroxylation is 2. The number of hydrogen-bond acceptors (Lipinski definition) is 19. The Morgan fingerprint density at radius 3 is 1.51 bits per heavy atom.